The van der Waals surface area contributed by atoms with Crippen LogP contribution in [0.15, 0.2) is 34.2 Å². The molecule has 3 aliphatic rings. The van der Waals surface area contributed by atoms with Gasteiger partial charge in [0.05, 0.1) is 0 Å². The van der Waals surface area contributed by atoms with Crippen LogP contribution in [0.2, 0.25) is 0 Å². The lowest BCUT2D eigenvalue weighted by Crippen LogP contribution is -2.43. The Morgan fingerprint density at radius 1 is 1.29 bits per heavy atom. The molecule has 0 N–H and O–H groups in total. The Bertz CT molecular complexity index is 583. The normalized spacial score (nSPS) is 30.5. The van der Waals surface area contributed by atoms with Crippen molar-refractivity contribution in [2.24, 2.45) is 4.99 Å². The summed E-state index contributed by atoms with van der Waals surface area (Å²) in [7, 11) is 0. The van der Waals surface area contributed by atoms with E-state index in [-0.39, 0.29) is 24.0 Å². The zero-order valence-electron chi connectivity index (χ0n) is 11.8. The minimum absolute atomic E-state index is 0.139. The molecule has 1 saturated heterocycles. The Morgan fingerprint density at radius 3 is 2.95 bits per heavy atom. The Labute approximate surface area is 128 Å². The summed E-state index contributed by atoms with van der Waals surface area (Å²) in [5, 5.41) is 0. The second-order valence-electron chi connectivity index (χ2n) is 5.79. The number of likely N-dealkylation sites (tertiary alicyclic amines) is 1. The van der Waals surface area contributed by atoms with E-state index < -0.39 is 0 Å². The lowest BCUT2D eigenvalue weighted by Gasteiger charge is -2.26. The first-order valence-corrected chi connectivity index (χ1v) is 8.51. The molecule has 0 radical (unpaired) electrons. The molecule has 1 fully saturated rings. The number of benzene rings is 1. The molecule has 0 bridgehead atoms. The maximum absolute atomic E-state index is 12.7. The van der Waals surface area contributed by atoms with Crippen molar-refractivity contribution in [3.05, 3.63) is 29.8 Å². The van der Waals surface area contributed by atoms with Crippen LogP contribution in [0.5, 0.6) is 0 Å². The molecule has 3 atom stereocenters. The molecule has 0 spiro atoms. The summed E-state index contributed by atoms with van der Waals surface area (Å²) in [6.45, 7) is 1.74. The standard InChI is InChI=1S/C16H18N2O2S/c19-16(18-7-3-4-8-18)14-15(20-10-17-14)12-9-21-13-6-2-1-5-11(12)13/h1-2,5-6,10,12,14-15H,3-4,7-9H2. The quantitative estimate of drug-likeness (QED) is 0.842. The van der Waals surface area contributed by atoms with Gasteiger partial charge in [-0.3, -0.25) is 4.79 Å². The lowest BCUT2D eigenvalue weighted by atomic mass is 9.90. The molecule has 1 aromatic rings. The molecule has 0 saturated carbocycles. The van der Waals surface area contributed by atoms with Gasteiger partial charge in [0.2, 0.25) is 0 Å². The van der Waals surface area contributed by atoms with Crippen molar-refractivity contribution in [2.45, 2.75) is 35.8 Å². The Balaban J connectivity index is 1.56. The maximum atomic E-state index is 12.7. The van der Waals surface area contributed by atoms with Crippen molar-refractivity contribution in [3.8, 4) is 0 Å². The second kappa shape index (κ2) is 5.37. The van der Waals surface area contributed by atoms with Crippen LogP contribution in [0.4, 0.5) is 0 Å². The van der Waals surface area contributed by atoms with Crippen molar-refractivity contribution < 1.29 is 9.53 Å². The average Bonchev–Trinajstić information content (AvgIpc) is 3.25. The first-order valence-electron chi connectivity index (χ1n) is 7.52. The third kappa shape index (κ3) is 2.24. The number of hydrogen-bond donors (Lipinski definition) is 0. The van der Waals surface area contributed by atoms with E-state index >= 15 is 0 Å². The molecule has 0 aromatic heterocycles. The highest BCUT2D eigenvalue weighted by atomic mass is 32.2. The highest BCUT2D eigenvalue weighted by molar-refractivity contribution is 7.99. The number of thioether (sulfide) groups is 1. The number of nitrogens with zero attached hydrogens (tertiary/aromatic N) is 2. The van der Waals surface area contributed by atoms with Gasteiger partial charge in [-0.25, -0.2) is 4.99 Å². The Kier molecular flexibility index (Phi) is 3.37. The number of aliphatic imine (C=N–C) groups is 1. The zero-order valence-corrected chi connectivity index (χ0v) is 12.6. The van der Waals surface area contributed by atoms with E-state index in [1.807, 2.05) is 16.7 Å². The third-order valence-corrected chi connectivity index (χ3v) is 5.76. The molecule has 3 aliphatic heterocycles. The molecule has 5 heteroatoms. The van der Waals surface area contributed by atoms with Gasteiger partial charge in [0.25, 0.3) is 5.91 Å². The van der Waals surface area contributed by atoms with Crippen molar-refractivity contribution in [1.82, 2.24) is 4.90 Å². The minimum atomic E-state index is -0.361. The Morgan fingerprint density at radius 2 is 2.10 bits per heavy atom. The largest absolute Gasteiger partial charge is 0.477 e. The summed E-state index contributed by atoms with van der Waals surface area (Å²) in [4.78, 5) is 20.2. The van der Waals surface area contributed by atoms with Gasteiger partial charge in [-0.2, -0.15) is 0 Å². The number of rotatable bonds is 2. The molecular weight excluding hydrogens is 284 g/mol. The van der Waals surface area contributed by atoms with E-state index in [0.717, 1.165) is 31.7 Å². The highest BCUT2D eigenvalue weighted by Gasteiger charge is 2.43. The molecule has 3 unspecified atom stereocenters. The smallest absolute Gasteiger partial charge is 0.251 e. The number of hydrogen-bond acceptors (Lipinski definition) is 4. The van der Waals surface area contributed by atoms with Gasteiger partial charge in [0.1, 0.15) is 6.10 Å². The monoisotopic (exact) mass is 302 g/mol. The summed E-state index contributed by atoms with van der Waals surface area (Å²) in [6.07, 6.45) is 3.55. The van der Waals surface area contributed by atoms with Crippen molar-refractivity contribution >= 4 is 24.1 Å². The number of amides is 1. The summed E-state index contributed by atoms with van der Waals surface area (Å²) >= 11 is 1.85. The van der Waals surface area contributed by atoms with Crippen LogP contribution < -0.4 is 0 Å². The number of carbonyl (C=O) groups excluding carboxylic acids is 1. The fourth-order valence-electron chi connectivity index (χ4n) is 3.43. The van der Waals surface area contributed by atoms with Gasteiger partial charge < -0.3 is 9.64 Å². The van der Waals surface area contributed by atoms with Crippen LogP contribution >= 0.6 is 11.8 Å². The molecule has 110 valence electrons. The van der Waals surface area contributed by atoms with Crippen LogP contribution in [0.3, 0.4) is 0 Å². The highest BCUT2D eigenvalue weighted by Crippen LogP contribution is 2.43. The fraction of sp³-hybridized carbons (Fsp3) is 0.500. The molecule has 21 heavy (non-hydrogen) atoms. The third-order valence-electron chi connectivity index (χ3n) is 4.55. The predicted molar refractivity (Wildman–Crippen MR) is 82.9 cm³/mol. The average molecular weight is 302 g/mol. The van der Waals surface area contributed by atoms with Crippen LogP contribution in [0, 0.1) is 0 Å². The van der Waals surface area contributed by atoms with E-state index in [1.54, 1.807) is 0 Å². The summed E-state index contributed by atoms with van der Waals surface area (Å²) in [5.74, 6) is 1.36. The van der Waals surface area contributed by atoms with Gasteiger partial charge in [-0.1, -0.05) is 18.2 Å². The first-order chi connectivity index (χ1) is 10.3. The van der Waals surface area contributed by atoms with Gasteiger partial charge in [0.15, 0.2) is 12.4 Å². The van der Waals surface area contributed by atoms with Crippen molar-refractivity contribution in [2.75, 3.05) is 18.8 Å². The van der Waals surface area contributed by atoms with E-state index in [0.29, 0.717) is 0 Å². The van der Waals surface area contributed by atoms with Crippen LogP contribution in [0.1, 0.15) is 24.3 Å². The molecule has 0 aliphatic carbocycles. The van der Waals surface area contributed by atoms with Crippen LogP contribution in [0.25, 0.3) is 0 Å². The molecule has 4 nitrogen and oxygen atoms in total. The van der Waals surface area contributed by atoms with E-state index in [2.05, 4.69) is 29.3 Å². The second-order valence-corrected chi connectivity index (χ2v) is 6.85. The van der Waals surface area contributed by atoms with Gasteiger partial charge in [-0.15, -0.1) is 11.8 Å². The predicted octanol–water partition coefficient (Wildman–Crippen LogP) is 2.29. The molecular formula is C16H18N2O2S. The van der Waals surface area contributed by atoms with Crippen LogP contribution in [-0.4, -0.2) is 48.2 Å². The number of ether oxygens (including phenoxy) is 1. The topological polar surface area (TPSA) is 41.9 Å². The van der Waals surface area contributed by atoms with Gasteiger partial charge in [0, 0.05) is 29.7 Å². The fourth-order valence-corrected chi connectivity index (χ4v) is 4.72. The molecule has 4 rings (SSSR count). The maximum Gasteiger partial charge on any atom is 0.251 e. The SMILES string of the molecule is O=C(C1N=COC1C1CSc2ccccc21)N1CCCC1. The number of carbonyl (C=O) groups is 1. The van der Waals surface area contributed by atoms with Gasteiger partial charge >= 0.3 is 0 Å². The van der Waals surface area contributed by atoms with Crippen LogP contribution in [-0.2, 0) is 9.53 Å². The van der Waals surface area contributed by atoms with E-state index in [9.17, 15) is 4.79 Å². The first kappa shape index (κ1) is 13.2. The van der Waals surface area contributed by atoms with E-state index in [4.69, 9.17) is 4.74 Å². The van der Waals surface area contributed by atoms with E-state index in [1.165, 1.54) is 16.9 Å². The Hall–Kier alpha value is -1.49. The minimum Gasteiger partial charge on any atom is -0.477 e. The summed E-state index contributed by atoms with van der Waals surface area (Å²) in [6, 6.07) is 8.06. The van der Waals surface area contributed by atoms with Crippen molar-refractivity contribution in [1.29, 1.82) is 0 Å². The number of fused-ring (bicyclic) bond motifs is 1. The zero-order chi connectivity index (χ0) is 14.2. The summed E-state index contributed by atoms with van der Waals surface area (Å²) < 4.78 is 5.73. The molecule has 1 amide bonds. The summed E-state index contributed by atoms with van der Waals surface area (Å²) in [5.41, 5.74) is 1.30. The molecule has 1 aromatic carbocycles. The van der Waals surface area contributed by atoms with Gasteiger partial charge in [-0.05, 0) is 24.5 Å². The molecule has 3 heterocycles. The lowest BCUT2D eigenvalue weighted by molar-refractivity contribution is -0.133. The van der Waals surface area contributed by atoms with Crippen molar-refractivity contribution in [3.63, 3.8) is 0 Å².